The first-order valence-corrected chi connectivity index (χ1v) is 6.54. The van der Waals surface area contributed by atoms with E-state index in [4.69, 9.17) is 0 Å². The van der Waals surface area contributed by atoms with E-state index < -0.39 is 5.54 Å². The molecule has 0 spiro atoms. The van der Waals surface area contributed by atoms with Crippen LogP contribution in [0.5, 0.6) is 0 Å². The molecule has 0 aliphatic carbocycles. The predicted octanol–water partition coefficient (Wildman–Crippen LogP) is 2.41. The van der Waals surface area contributed by atoms with Gasteiger partial charge >= 0.3 is 0 Å². The maximum Gasteiger partial charge on any atom is 0.246 e. The van der Waals surface area contributed by atoms with Crippen molar-refractivity contribution >= 4 is 11.6 Å². The Bertz CT molecular complexity index is 462. The number of likely N-dealkylation sites (N-methyl/N-ethyl adjacent to an activating group) is 1. The van der Waals surface area contributed by atoms with Gasteiger partial charge in [-0.15, -0.1) is 0 Å². The summed E-state index contributed by atoms with van der Waals surface area (Å²) in [5.74, 6) is 0.159. The Hall–Kier alpha value is -1.35. The summed E-state index contributed by atoms with van der Waals surface area (Å²) in [6.45, 7) is 7.06. The standard InChI is InChI=1S/C15H22N2O/c1-11-6-7-13(12(2)10-11)17(4)14(18)15(3)8-5-9-16-15/h6-7,10,16H,5,8-9H2,1-4H3. The highest BCUT2D eigenvalue weighted by molar-refractivity contribution is 6.00. The molecule has 0 radical (unpaired) electrons. The van der Waals surface area contributed by atoms with Crippen LogP contribution in [0.3, 0.4) is 0 Å². The quantitative estimate of drug-likeness (QED) is 0.869. The lowest BCUT2D eigenvalue weighted by Gasteiger charge is -2.30. The number of hydrogen-bond acceptors (Lipinski definition) is 2. The van der Waals surface area contributed by atoms with Crippen LogP contribution >= 0.6 is 0 Å². The van der Waals surface area contributed by atoms with Gasteiger partial charge in [0, 0.05) is 12.7 Å². The fourth-order valence-electron chi connectivity index (χ4n) is 2.74. The van der Waals surface area contributed by atoms with E-state index in [9.17, 15) is 4.79 Å². The highest BCUT2D eigenvalue weighted by Gasteiger charge is 2.38. The Morgan fingerprint density at radius 3 is 2.67 bits per heavy atom. The molecule has 1 unspecified atom stereocenters. The maximum absolute atomic E-state index is 12.6. The summed E-state index contributed by atoms with van der Waals surface area (Å²) in [7, 11) is 1.87. The summed E-state index contributed by atoms with van der Waals surface area (Å²) >= 11 is 0. The second-order valence-electron chi connectivity index (χ2n) is 5.52. The Morgan fingerprint density at radius 1 is 1.39 bits per heavy atom. The summed E-state index contributed by atoms with van der Waals surface area (Å²) in [6.07, 6.45) is 1.99. The fourth-order valence-corrected chi connectivity index (χ4v) is 2.74. The minimum absolute atomic E-state index is 0.159. The molecule has 1 aliphatic rings. The van der Waals surface area contributed by atoms with Crippen LogP contribution in [0.1, 0.15) is 30.9 Å². The van der Waals surface area contributed by atoms with E-state index in [0.717, 1.165) is 30.6 Å². The molecule has 1 N–H and O–H groups in total. The van der Waals surface area contributed by atoms with Crippen molar-refractivity contribution in [1.29, 1.82) is 0 Å². The molecule has 3 heteroatoms. The van der Waals surface area contributed by atoms with E-state index in [0.29, 0.717) is 0 Å². The Balaban J connectivity index is 2.25. The van der Waals surface area contributed by atoms with Crippen molar-refractivity contribution in [2.75, 3.05) is 18.5 Å². The first-order chi connectivity index (χ1) is 8.44. The average molecular weight is 246 g/mol. The predicted molar refractivity (Wildman–Crippen MR) is 75.0 cm³/mol. The second kappa shape index (κ2) is 4.73. The van der Waals surface area contributed by atoms with Crippen molar-refractivity contribution in [1.82, 2.24) is 5.32 Å². The third kappa shape index (κ3) is 2.27. The van der Waals surface area contributed by atoms with E-state index >= 15 is 0 Å². The summed E-state index contributed by atoms with van der Waals surface area (Å²) < 4.78 is 0. The number of hydrogen-bond donors (Lipinski definition) is 1. The number of aryl methyl sites for hydroxylation is 2. The molecule has 1 aliphatic heterocycles. The fraction of sp³-hybridized carbons (Fsp3) is 0.533. The third-order valence-electron chi connectivity index (χ3n) is 3.86. The lowest BCUT2D eigenvalue weighted by molar-refractivity contribution is -0.123. The van der Waals surface area contributed by atoms with Crippen LogP contribution in [0.2, 0.25) is 0 Å². The smallest absolute Gasteiger partial charge is 0.246 e. The molecule has 18 heavy (non-hydrogen) atoms. The molecule has 1 fully saturated rings. The summed E-state index contributed by atoms with van der Waals surface area (Å²) in [6, 6.07) is 6.20. The van der Waals surface area contributed by atoms with Gasteiger partial charge in [-0.05, 0) is 51.8 Å². The van der Waals surface area contributed by atoms with Crippen LogP contribution in [-0.2, 0) is 4.79 Å². The number of nitrogens with zero attached hydrogens (tertiary/aromatic N) is 1. The monoisotopic (exact) mass is 246 g/mol. The van der Waals surface area contributed by atoms with Crippen molar-refractivity contribution in [3.05, 3.63) is 29.3 Å². The third-order valence-corrected chi connectivity index (χ3v) is 3.86. The van der Waals surface area contributed by atoms with Crippen molar-refractivity contribution < 1.29 is 4.79 Å². The van der Waals surface area contributed by atoms with Gasteiger partial charge in [0.1, 0.15) is 0 Å². The summed E-state index contributed by atoms with van der Waals surface area (Å²) in [5.41, 5.74) is 2.97. The Morgan fingerprint density at radius 2 is 2.11 bits per heavy atom. The zero-order valence-corrected chi connectivity index (χ0v) is 11.7. The number of benzene rings is 1. The SMILES string of the molecule is Cc1ccc(N(C)C(=O)C2(C)CCCN2)c(C)c1. The summed E-state index contributed by atoms with van der Waals surface area (Å²) in [5, 5.41) is 3.32. The zero-order valence-electron chi connectivity index (χ0n) is 11.7. The van der Waals surface area contributed by atoms with E-state index in [1.165, 1.54) is 5.56 Å². The van der Waals surface area contributed by atoms with E-state index in [1.807, 2.05) is 20.0 Å². The van der Waals surface area contributed by atoms with Crippen molar-refractivity contribution in [3.8, 4) is 0 Å². The van der Waals surface area contributed by atoms with Gasteiger partial charge in [-0.3, -0.25) is 4.79 Å². The van der Waals surface area contributed by atoms with Gasteiger partial charge in [0.15, 0.2) is 0 Å². The highest BCUT2D eigenvalue weighted by Crippen LogP contribution is 2.26. The Labute approximate surface area is 109 Å². The first kappa shape index (κ1) is 13.1. The van der Waals surface area contributed by atoms with Crippen LogP contribution in [0.4, 0.5) is 5.69 Å². The number of carbonyl (C=O) groups excluding carboxylic acids is 1. The van der Waals surface area contributed by atoms with Crippen LogP contribution < -0.4 is 10.2 Å². The van der Waals surface area contributed by atoms with Gasteiger partial charge in [0.2, 0.25) is 5.91 Å². The molecule has 0 bridgehead atoms. The van der Waals surface area contributed by atoms with Gasteiger partial charge in [0.25, 0.3) is 0 Å². The Kier molecular flexibility index (Phi) is 3.44. The molecule has 0 aromatic heterocycles. The van der Waals surface area contributed by atoms with E-state index in [1.54, 1.807) is 4.90 Å². The first-order valence-electron chi connectivity index (χ1n) is 6.54. The van der Waals surface area contributed by atoms with Crippen LogP contribution in [-0.4, -0.2) is 25.0 Å². The largest absolute Gasteiger partial charge is 0.314 e. The molecule has 98 valence electrons. The molecule has 1 atom stereocenters. The van der Waals surface area contributed by atoms with Gasteiger partial charge in [-0.25, -0.2) is 0 Å². The van der Waals surface area contributed by atoms with E-state index in [2.05, 4.69) is 31.3 Å². The highest BCUT2D eigenvalue weighted by atomic mass is 16.2. The van der Waals surface area contributed by atoms with Crippen LogP contribution in [0.25, 0.3) is 0 Å². The molecule has 2 rings (SSSR count). The average Bonchev–Trinajstić information content (AvgIpc) is 2.76. The number of anilines is 1. The minimum atomic E-state index is -0.397. The van der Waals surface area contributed by atoms with Crippen molar-refractivity contribution in [2.45, 2.75) is 39.2 Å². The van der Waals surface area contributed by atoms with Crippen LogP contribution in [0, 0.1) is 13.8 Å². The molecular formula is C15H22N2O. The minimum Gasteiger partial charge on any atom is -0.314 e. The molecule has 0 saturated carbocycles. The number of carbonyl (C=O) groups is 1. The lowest BCUT2D eigenvalue weighted by atomic mass is 9.98. The molecule has 1 aromatic rings. The molecule has 1 heterocycles. The number of nitrogens with one attached hydrogen (secondary N) is 1. The maximum atomic E-state index is 12.6. The van der Waals surface area contributed by atoms with E-state index in [-0.39, 0.29) is 5.91 Å². The zero-order chi connectivity index (χ0) is 13.3. The number of amides is 1. The van der Waals surface area contributed by atoms with Gasteiger partial charge in [0.05, 0.1) is 5.54 Å². The molecular weight excluding hydrogens is 224 g/mol. The summed E-state index contributed by atoms with van der Waals surface area (Å²) in [4.78, 5) is 14.4. The van der Waals surface area contributed by atoms with Gasteiger partial charge in [-0.1, -0.05) is 17.7 Å². The molecule has 3 nitrogen and oxygen atoms in total. The normalized spacial score (nSPS) is 23.1. The molecule has 1 amide bonds. The van der Waals surface area contributed by atoms with Crippen molar-refractivity contribution in [2.24, 2.45) is 0 Å². The van der Waals surface area contributed by atoms with Gasteiger partial charge < -0.3 is 10.2 Å². The van der Waals surface area contributed by atoms with Gasteiger partial charge in [-0.2, -0.15) is 0 Å². The topological polar surface area (TPSA) is 32.3 Å². The molecule has 1 saturated heterocycles. The molecule has 1 aromatic carbocycles. The van der Waals surface area contributed by atoms with Crippen molar-refractivity contribution in [3.63, 3.8) is 0 Å². The van der Waals surface area contributed by atoms with Crippen LogP contribution in [0.15, 0.2) is 18.2 Å². The second-order valence-corrected chi connectivity index (χ2v) is 5.52. The lowest BCUT2D eigenvalue weighted by Crippen LogP contribution is -2.52. The number of rotatable bonds is 2.